The van der Waals surface area contributed by atoms with Gasteiger partial charge in [0.25, 0.3) is 0 Å². The highest BCUT2D eigenvalue weighted by molar-refractivity contribution is 5.36. The van der Waals surface area contributed by atoms with Crippen LogP contribution in [0.2, 0.25) is 0 Å². The first-order valence-corrected chi connectivity index (χ1v) is 7.18. The van der Waals surface area contributed by atoms with E-state index in [9.17, 15) is 0 Å². The van der Waals surface area contributed by atoms with Crippen molar-refractivity contribution in [2.75, 3.05) is 26.2 Å². The second-order valence-electron chi connectivity index (χ2n) is 5.36. The van der Waals surface area contributed by atoms with E-state index in [4.69, 9.17) is 14.7 Å². The summed E-state index contributed by atoms with van der Waals surface area (Å²) in [6.45, 7) is 7.92. The molecule has 1 aliphatic heterocycles. The summed E-state index contributed by atoms with van der Waals surface area (Å²) in [5.41, 5.74) is 0.637. The highest BCUT2D eigenvalue weighted by Crippen LogP contribution is 2.14. The van der Waals surface area contributed by atoms with Crippen LogP contribution in [0.4, 0.5) is 0 Å². The summed E-state index contributed by atoms with van der Waals surface area (Å²) < 4.78 is 11.4. The predicted molar refractivity (Wildman–Crippen MR) is 77.7 cm³/mol. The highest BCUT2D eigenvalue weighted by atomic mass is 16.5. The molecule has 4 heteroatoms. The van der Waals surface area contributed by atoms with Gasteiger partial charge in [0.2, 0.25) is 0 Å². The number of rotatable bonds is 5. The van der Waals surface area contributed by atoms with E-state index >= 15 is 0 Å². The second kappa shape index (κ2) is 7.28. The maximum atomic E-state index is 8.83. The molecule has 1 heterocycles. The Morgan fingerprint density at radius 3 is 2.80 bits per heavy atom. The molecule has 0 aromatic heterocycles. The molecule has 0 amide bonds. The van der Waals surface area contributed by atoms with E-state index in [1.54, 1.807) is 12.1 Å². The van der Waals surface area contributed by atoms with Gasteiger partial charge < -0.3 is 9.47 Å². The van der Waals surface area contributed by atoms with Crippen molar-refractivity contribution < 1.29 is 9.47 Å². The third-order valence-electron chi connectivity index (χ3n) is 3.35. The van der Waals surface area contributed by atoms with Crippen molar-refractivity contribution in [3.63, 3.8) is 0 Å². The van der Waals surface area contributed by atoms with Gasteiger partial charge in [-0.15, -0.1) is 0 Å². The van der Waals surface area contributed by atoms with Crippen LogP contribution in [0.5, 0.6) is 5.75 Å². The third-order valence-corrected chi connectivity index (χ3v) is 3.35. The van der Waals surface area contributed by atoms with E-state index in [1.165, 1.54) is 0 Å². The minimum absolute atomic E-state index is 0.312. The Morgan fingerprint density at radius 2 is 2.10 bits per heavy atom. The van der Waals surface area contributed by atoms with Gasteiger partial charge in [-0.2, -0.15) is 5.26 Å². The Labute approximate surface area is 120 Å². The smallest absolute Gasteiger partial charge is 0.120 e. The summed E-state index contributed by atoms with van der Waals surface area (Å²) in [5.74, 6) is 0.771. The Kier molecular flexibility index (Phi) is 5.40. The van der Waals surface area contributed by atoms with E-state index in [2.05, 4.69) is 24.8 Å². The molecule has 2 rings (SSSR count). The van der Waals surface area contributed by atoms with Gasteiger partial charge in [0.1, 0.15) is 5.75 Å². The molecule has 0 radical (unpaired) electrons. The van der Waals surface area contributed by atoms with E-state index in [1.807, 2.05) is 12.1 Å². The van der Waals surface area contributed by atoms with Gasteiger partial charge >= 0.3 is 0 Å². The zero-order valence-corrected chi connectivity index (χ0v) is 12.2. The molecule has 2 atom stereocenters. The van der Waals surface area contributed by atoms with Gasteiger partial charge in [-0.05, 0) is 38.5 Å². The number of morpholine rings is 1. The lowest BCUT2D eigenvalue weighted by molar-refractivity contribution is -0.0686. The van der Waals surface area contributed by atoms with Crippen molar-refractivity contribution >= 4 is 0 Å². The Bertz CT molecular complexity index is 460. The normalized spacial score (nSPS) is 23.2. The molecule has 0 aliphatic carbocycles. The first-order chi connectivity index (χ1) is 9.67. The zero-order chi connectivity index (χ0) is 14.4. The Balaban J connectivity index is 1.70. The maximum absolute atomic E-state index is 8.83. The van der Waals surface area contributed by atoms with Crippen LogP contribution in [0.15, 0.2) is 24.3 Å². The molecule has 2 unspecified atom stereocenters. The van der Waals surface area contributed by atoms with Crippen molar-refractivity contribution in [1.82, 2.24) is 4.90 Å². The summed E-state index contributed by atoms with van der Waals surface area (Å²) in [5, 5.41) is 8.83. The van der Waals surface area contributed by atoms with Gasteiger partial charge in [0, 0.05) is 19.6 Å². The molecule has 1 saturated heterocycles. The van der Waals surface area contributed by atoms with Crippen LogP contribution in [-0.4, -0.2) is 43.3 Å². The van der Waals surface area contributed by atoms with E-state index in [-0.39, 0.29) is 0 Å². The molecular formula is C16H22N2O2. The van der Waals surface area contributed by atoms with Crippen LogP contribution in [0.3, 0.4) is 0 Å². The van der Waals surface area contributed by atoms with Gasteiger partial charge in [-0.1, -0.05) is 6.07 Å². The first kappa shape index (κ1) is 14.8. The second-order valence-corrected chi connectivity index (χ2v) is 5.36. The van der Waals surface area contributed by atoms with Crippen LogP contribution >= 0.6 is 0 Å². The van der Waals surface area contributed by atoms with E-state index in [0.29, 0.717) is 24.4 Å². The molecule has 0 N–H and O–H groups in total. The lowest BCUT2D eigenvalue weighted by Gasteiger charge is -2.35. The van der Waals surface area contributed by atoms with E-state index in [0.717, 1.165) is 31.8 Å². The van der Waals surface area contributed by atoms with Gasteiger partial charge in [-0.3, -0.25) is 4.90 Å². The Hall–Kier alpha value is -1.57. The quantitative estimate of drug-likeness (QED) is 0.774. The molecule has 4 nitrogen and oxygen atoms in total. The Morgan fingerprint density at radius 1 is 1.35 bits per heavy atom. The van der Waals surface area contributed by atoms with Crippen molar-refractivity contribution in [2.24, 2.45) is 0 Å². The number of hydrogen-bond donors (Lipinski definition) is 0. The number of nitrogens with zero attached hydrogens (tertiary/aromatic N) is 2. The number of benzene rings is 1. The van der Waals surface area contributed by atoms with Gasteiger partial charge in [0.15, 0.2) is 0 Å². The standard InChI is InChI=1S/C16H22N2O2/c1-13-11-18(12-14(2)20-13)7-4-8-19-16-6-3-5-15(9-16)10-17/h3,5-6,9,13-14H,4,7-8,11-12H2,1-2H3. The van der Waals surface area contributed by atoms with Gasteiger partial charge in [0.05, 0.1) is 30.4 Å². The maximum Gasteiger partial charge on any atom is 0.120 e. The van der Waals surface area contributed by atoms with Crippen molar-refractivity contribution in [2.45, 2.75) is 32.5 Å². The molecule has 0 spiro atoms. The number of hydrogen-bond acceptors (Lipinski definition) is 4. The summed E-state index contributed by atoms with van der Waals surface area (Å²) in [6.07, 6.45) is 1.61. The molecule has 0 bridgehead atoms. The van der Waals surface area contributed by atoms with Crippen LogP contribution in [0, 0.1) is 11.3 Å². The lowest BCUT2D eigenvalue weighted by atomic mass is 10.2. The number of ether oxygens (including phenoxy) is 2. The molecule has 1 fully saturated rings. The summed E-state index contributed by atoms with van der Waals surface area (Å²) in [4.78, 5) is 2.42. The molecule has 1 aromatic carbocycles. The molecule has 0 saturated carbocycles. The zero-order valence-electron chi connectivity index (χ0n) is 12.2. The fraction of sp³-hybridized carbons (Fsp3) is 0.562. The third kappa shape index (κ3) is 4.52. The molecule has 1 aromatic rings. The SMILES string of the molecule is CC1CN(CCCOc2cccc(C#N)c2)CC(C)O1. The summed E-state index contributed by atoms with van der Waals surface area (Å²) >= 11 is 0. The van der Waals surface area contributed by atoms with Crippen molar-refractivity contribution in [3.05, 3.63) is 29.8 Å². The summed E-state index contributed by atoms with van der Waals surface area (Å²) in [7, 11) is 0. The lowest BCUT2D eigenvalue weighted by Crippen LogP contribution is -2.45. The van der Waals surface area contributed by atoms with Crippen LogP contribution in [0.1, 0.15) is 25.8 Å². The molecular weight excluding hydrogens is 252 g/mol. The average molecular weight is 274 g/mol. The fourth-order valence-electron chi connectivity index (χ4n) is 2.60. The summed E-state index contributed by atoms with van der Waals surface area (Å²) in [6, 6.07) is 9.41. The van der Waals surface area contributed by atoms with E-state index < -0.39 is 0 Å². The first-order valence-electron chi connectivity index (χ1n) is 7.18. The van der Waals surface area contributed by atoms with Gasteiger partial charge in [-0.25, -0.2) is 0 Å². The largest absolute Gasteiger partial charge is 0.494 e. The highest BCUT2D eigenvalue weighted by Gasteiger charge is 2.21. The van der Waals surface area contributed by atoms with Crippen molar-refractivity contribution in [1.29, 1.82) is 5.26 Å². The number of nitriles is 1. The molecule has 108 valence electrons. The predicted octanol–water partition coefficient (Wildman–Crippen LogP) is 2.44. The van der Waals surface area contributed by atoms with Crippen LogP contribution in [-0.2, 0) is 4.74 Å². The fourth-order valence-corrected chi connectivity index (χ4v) is 2.60. The average Bonchev–Trinajstić information content (AvgIpc) is 2.43. The minimum atomic E-state index is 0.312. The monoisotopic (exact) mass is 274 g/mol. The topological polar surface area (TPSA) is 45.5 Å². The van der Waals surface area contributed by atoms with Crippen LogP contribution in [0.25, 0.3) is 0 Å². The molecule has 1 aliphatic rings. The minimum Gasteiger partial charge on any atom is -0.494 e. The van der Waals surface area contributed by atoms with Crippen LogP contribution < -0.4 is 4.74 Å². The molecule has 20 heavy (non-hydrogen) atoms. The van der Waals surface area contributed by atoms with Crippen molar-refractivity contribution in [3.8, 4) is 11.8 Å².